The van der Waals surface area contributed by atoms with Gasteiger partial charge in [-0.25, -0.2) is 0 Å². The molecule has 5 heteroatoms. The SMILES string of the molecule is CN(CC(=O)NCC1(N2CCOCC2)CCCCC1)c1ccc2ccccc2c1. The Morgan fingerprint density at radius 3 is 2.55 bits per heavy atom. The number of nitrogens with zero attached hydrogens (tertiary/aromatic N) is 2. The van der Waals surface area contributed by atoms with Crippen LogP contribution in [0.3, 0.4) is 0 Å². The summed E-state index contributed by atoms with van der Waals surface area (Å²) in [4.78, 5) is 17.4. The van der Waals surface area contributed by atoms with E-state index in [1.165, 1.54) is 42.9 Å². The van der Waals surface area contributed by atoms with Crippen molar-refractivity contribution in [2.45, 2.75) is 37.6 Å². The van der Waals surface area contributed by atoms with E-state index in [0.29, 0.717) is 6.54 Å². The number of amides is 1. The maximum absolute atomic E-state index is 12.8. The zero-order valence-electron chi connectivity index (χ0n) is 17.5. The second-order valence-corrected chi connectivity index (χ2v) is 8.55. The number of anilines is 1. The predicted molar refractivity (Wildman–Crippen MR) is 118 cm³/mol. The molecule has 0 aromatic heterocycles. The lowest BCUT2D eigenvalue weighted by Crippen LogP contribution is -2.60. The quantitative estimate of drug-likeness (QED) is 0.814. The van der Waals surface area contributed by atoms with Crippen LogP contribution in [0.1, 0.15) is 32.1 Å². The van der Waals surface area contributed by atoms with Gasteiger partial charge in [0.05, 0.1) is 19.8 Å². The fraction of sp³-hybridized carbons (Fsp3) is 0.542. The average Bonchev–Trinajstić information content (AvgIpc) is 2.78. The van der Waals surface area contributed by atoms with Gasteiger partial charge in [0.15, 0.2) is 0 Å². The van der Waals surface area contributed by atoms with Crippen LogP contribution in [-0.2, 0) is 9.53 Å². The number of hydrogen-bond acceptors (Lipinski definition) is 4. The molecule has 2 aromatic rings. The van der Waals surface area contributed by atoms with Gasteiger partial charge in [-0.2, -0.15) is 0 Å². The van der Waals surface area contributed by atoms with E-state index in [4.69, 9.17) is 4.74 Å². The van der Waals surface area contributed by atoms with Gasteiger partial charge in [0.2, 0.25) is 5.91 Å². The Kier molecular flexibility index (Phi) is 6.36. The van der Waals surface area contributed by atoms with Crippen molar-refractivity contribution in [2.24, 2.45) is 0 Å². The first-order chi connectivity index (χ1) is 14.2. The number of likely N-dealkylation sites (N-methyl/N-ethyl adjacent to an activating group) is 1. The van der Waals surface area contributed by atoms with Crippen LogP contribution in [0.2, 0.25) is 0 Å². The second-order valence-electron chi connectivity index (χ2n) is 8.55. The highest BCUT2D eigenvalue weighted by molar-refractivity contribution is 5.87. The van der Waals surface area contributed by atoms with Crippen molar-refractivity contribution in [3.05, 3.63) is 42.5 Å². The number of carbonyl (C=O) groups is 1. The molecule has 5 nitrogen and oxygen atoms in total. The molecule has 0 unspecified atom stereocenters. The molecule has 29 heavy (non-hydrogen) atoms. The summed E-state index contributed by atoms with van der Waals surface area (Å²) in [5.74, 6) is 0.0962. The third kappa shape index (κ3) is 4.73. The first-order valence-corrected chi connectivity index (χ1v) is 11.0. The van der Waals surface area contributed by atoms with Gasteiger partial charge >= 0.3 is 0 Å². The lowest BCUT2D eigenvalue weighted by atomic mass is 9.79. The molecular weight excluding hydrogens is 362 g/mol. The Labute approximate surface area is 174 Å². The summed E-state index contributed by atoms with van der Waals surface area (Å²) in [6.07, 6.45) is 6.17. The van der Waals surface area contributed by atoms with Crippen LogP contribution in [0.4, 0.5) is 5.69 Å². The molecule has 0 spiro atoms. The highest BCUT2D eigenvalue weighted by atomic mass is 16.5. The molecule has 1 saturated carbocycles. The van der Waals surface area contributed by atoms with Crippen LogP contribution >= 0.6 is 0 Å². The van der Waals surface area contributed by atoms with E-state index < -0.39 is 0 Å². The standard InChI is InChI=1S/C24H33N3O2/c1-26(22-10-9-20-7-3-4-8-21(20)17-22)18-23(28)25-19-24(11-5-2-6-12-24)27-13-15-29-16-14-27/h3-4,7-10,17H,2,5-6,11-16,18-19H2,1H3,(H,25,28). The summed E-state index contributed by atoms with van der Waals surface area (Å²) < 4.78 is 5.56. The number of ether oxygens (including phenoxy) is 1. The smallest absolute Gasteiger partial charge is 0.239 e. The van der Waals surface area contributed by atoms with E-state index >= 15 is 0 Å². The molecule has 1 aliphatic heterocycles. The van der Waals surface area contributed by atoms with E-state index in [1.54, 1.807) is 0 Å². The Bertz CT molecular complexity index is 826. The second kappa shape index (κ2) is 9.14. The highest BCUT2D eigenvalue weighted by Crippen LogP contribution is 2.34. The summed E-state index contributed by atoms with van der Waals surface area (Å²) >= 11 is 0. The minimum absolute atomic E-state index is 0.0962. The lowest BCUT2D eigenvalue weighted by Gasteiger charge is -2.48. The van der Waals surface area contributed by atoms with Crippen LogP contribution in [-0.4, -0.2) is 62.8 Å². The van der Waals surface area contributed by atoms with Gasteiger partial charge in [0.25, 0.3) is 0 Å². The molecule has 0 radical (unpaired) electrons. The minimum atomic E-state index is 0.0962. The molecule has 1 heterocycles. The molecule has 0 bridgehead atoms. The number of benzene rings is 2. The summed E-state index contributed by atoms with van der Waals surface area (Å²) in [5.41, 5.74) is 1.18. The zero-order valence-corrected chi connectivity index (χ0v) is 17.5. The maximum atomic E-state index is 12.8. The van der Waals surface area contributed by atoms with Crippen molar-refractivity contribution in [2.75, 3.05) is 51.3 Å². The van der Waals surface area contributed by atoms with Gasteiger partial charge in [0.1, 0.15) is 0 Å². The molecule has 1 amide bonds. The Balaban J connectivity index is 1.37. The fourth-order valence-corrected chi connectivity index (χ4v) is 4.89. The number of rotatable bonds is 6. The third-order valence-electron chi connectivity index (χ3n) is 6.64. The third-order valence-corrected chi connectivity index (χ3v) is 6.64. The number of morpholine rings is 1. The lowest BCUT2D eigenvalue weighted by molar-refractivity contribution is -0.121. The van der Waals surface area contributed by atoms with Crippen LogP contribution in [0.5, 0.6) is 0 Å². The van der Waals surface area contributed by atoms with Gasteiger partial charge in [-0.1, -0.05) is 49.6 Å². The average molecular weight is 396 g/mol. The van der Waals surface area contributed by atoms with Gasteiger partial charge in [-0.3, -0.25) is 9.69 Å². The number of carbonyl (C=O) groups excluding carboxylic acids is 1. The number of fused-ring (bicyclic) bond motifs is 1. The van der Waals surface area contributed by atoms with Crippen molar-refractivity contribution >= 4 is 22.4 Å². The molecule has 1 aliphatic carbocycles. The van der Waals surface area contributed by atoms with Crippen LogP contribution in [0, 0.1) is 0 Å². The number of nitrogens with one attached hydrogen (secondary N) is 1. The van der Waals surface area contributed by atoms with E-state index in [-0.39, 0.29) is 11.4 Å². The van der Waals surface area contributed by atoms with Gasteiger partial charge < -0.3 is 15.0 Å². The molecule has 4 rings (SSSR count). The van der Waals surface area contributed by atoms with Crippen molar-refractivity contribution in [1.82, 2.24) is 10.2 Å². The number of hydrogen-bond donors (Lipinski definition) is 1. The Morgan fingerprint density at radius 2 is 1.79 bits per heavy atom. The normalized spacial score (nSPS) is 19.8. The van der Waals surface area contributed by atoms with Crippen molar-refractivity contribution < 1.29 is 9.53 Å². The van der Waals surface area contributed by atoms with Crippen LogP contribution in [0.25, 0.3) is 10.8 Å². The molecule has 2 fully saturated rings. The van der Waals surface area contributed by atoms with Crippen molar-refractivity contribution in [1.29, 1.82) is 0 Å². The maximum Gasteiger partial charge on any atom is 0.239 e. The van der Waals surface area contributed by atoms with Crippen LogP contribution in [0.15, 0.2) is 42.5 Å². The Hall–Kier alpha value is -2.11. The first kappa shape index (κ1) is 20.2. The topological polar surface area (TPSA) is 44.8 Å². The van der Waals surface area contributed by atoms with Crippen molar-refractivity contribution in [3.63, 3.8) is 0 Å². The predicted octanol–water partition coefficient (Wildman–Crippen LogP) is 3.43. The molecule has 0 atom stereocenters. The molecule has 2 aromatic carbocycles. The fourth-order valence-electron chi connectivity index (χ4n) is 4.89. The van der Waals surface area contributed by atoms with E-state index in [1.807, 2.05) is 18.0 Å². The van der Waals surface area contributed by atoms with Crippen LogP contribution < -0.4 is 10.2 Å². The summed E-state index contributed by atoms with van der Waals surface area (Å²) in [6, 6.07) is 14.7. The monoisotopic (exact) mass is 395 g/mol. The molecular formula is C24H33N3O2. The van der Waals surface area contributed by atoms with Gasteiger partial charge in [0, 0.05) is 37.9 Å². The first-order valence-electron chi connectivity index (χ1n) is 11.0. The molecule has 156 valence electrons. The largest absolute Gasteiger partial charge is 0.379 e. The summed E-state index contributed by atoms with van der Waals surface area (Å²) in [5, 5.41) is 5.69. The summed E-state index contributed by atoms with van der Waals surface area (Å²) in [6.45, 7) is 4.69. The molecule has 1 N–H and O–H groups in total. The van der Waals surface area contributed by atoms with E-state index in [2.05, 4.69) is 46.6 Å². The minimum Gasteiger partial charge on any atom is -0.379 e. The summed E-state index contributed by atoms with van der Waals surface area (Å²) in [7, 11) is 1.99. The van der Waals surface area contributed by atoms with E-state index in [0.717, 1.165) is 38.5 Å². The molecule has 2 aliphatic rings. The molecule has 1 saturated heterocycles. The highest BCUT2D eigenvalue weighted by Gasteiger charge is 2.38. The van der Waals surface area contributed by atoms with Crippen molar-refractivity contribution in [3.8, 4) is 0 Å². The van der Waals surface area contributed by atoms with E-state index in [9.17, 15) is 4.79 Å². The zero-order chi connectivity index (χ0) is 20.1. The van der Waals surface area contributed by atoms with Gasteiger partial charge in [-0.05, 0) is 35.7 Å². The Morgan fingerprint density at radius 1 is 1.07 bits per heavy atom. The van der Waals surface area contributed by atoms with Gasteiger partial charge in [-0.15, -0.1) is 0 Å².